The molecule has 2 N–H and O–H groups in total. The van der Waals surface area contributed by atoms with Gasteiger partial charge in [-0.3, -0.25) is 10.1 Å². The van der Waals surface area contributed by atoms with Crippen LogP contribution < -0.4 is 5.32 Å². The highest BCUT2D eigenvalue weighted by molar-refractivity contribution is 9.10. The Labute approximate surface area is 108 Å². The molecular weight excluding hydrogens is 290 g/mol. The van der Waals surface area contributed by atoms with Crippen molar-refractivity contribution < 1.29 is 9.90 Å². The van der Waals surface area contributed by atoms with Crippen molar-refractivity contribution >= 4 is 33.2 Å². The van der Waals surface area contributed by atoms with E-state index in [1.807, 2.05) is 19.9 Å². The molecule has 0 amide bonds. The molecule has 1 aromatic heterocycles. The van der Waals surface area contributed by atoms with E-state index >= 15 is 0 Å². The molecule has 0 aliphatic rings. The molecule has 1 unspecified atom stereocenters. The van der Waals surface area contributed by atoms with Crippen LogP contribution in [0.2, 0.25) is 0 Å². The van der Waals surface area contributed by atoms with E-state index < -0.39 is 12.0 Å². The van der Waals surface area contributed by atoms with E-state index in [9.17, 15) is 4.79 Å². The third kappa shape index (κ3) is 3.88. The van der Waals surface area contributed by atoms with Crippen molar-refractivity contribution in [3.8, 4) is 0 Å². The highest BCUT2D eigenvalue weighted by Gasteiger charge is 2.15. The van der Waals surface area contributed by atoms with Gasteiger partial charge in [-0.05, 0) is 35.3 Å². The normalized spacial score (nSPS) is 12.7. The minimum absolute atomic E-state index is 0.439. The van der Waals surface area contributed by atoms with Gasteiger partial charge in [-0.25, -0.2) is 0 Å². The fourth-order valence-corrected chi connectivity index (χ4v) is 2.98. The van der Waals surface area contributed by atoms with Crippen molar-refractivity contribution in [3.63, 3.8) is 0 Å². The maximum absolute atomic E-state index is 10.9. The molecule has 1 atom stereocenters. The van der Waals surface area contributed by atoms with E-state index in [-0.39, 0.29) is 0 Å². The fourth-order valence-electron chi connectivity index (χ4n) is 1.43. The third-order valence-corrected chi connectivity index (χ3v) is 4.44. The van der Waals surface area contributed by atoms with Crippen LogP contribution in [0.15, 0.2) is 10.5 Å². The molecule has 1 rings (SSSR count). The quantitative estimate of drug-likeness (QED) is 0.849. The minimum atomic E-state index is -0.769. The molecule has 0 bridgehead atoms. The van der Waals surface area contributed by atoms with Crippen LogP contribution in [0.3, 0.4) is 0 Å². The number of halogens is 1. The van der Waals surface area contributed by atoms with E-state index in [1.165, 1.54) is 4.88 Å². The van der Waals surface area contributed by atoms with Crippen LogP contribution in [0.4, 0.5) is 0 Å². The maximum Gasteiger partial charge on any atom is 0.320 e. The maximum atomic E-state index is 10.9. The molecule has 16 heavy (non-hydrogen) atoms. The Morgan fingerprint density at radius 2 is 2.38 bits per heavy atom. The highest BCUT2D eigenvalue weighted by Crippen LogP contribution is 2.26. The summed E-state index contributed by atoms with van der Waals surface area (Å²) in [5.74, 6) is -0.769. The van der Waals surface area contributed by atoms with Crippen molar-refractivity contribution in [3.05, 3.63) is 20.3 Å². The second-order valence-electron chi connectivity index (χ2n) is 3.68. The Bertz CT molecular complexity index is 345. The number of nitrogens with one attached hydrogen (secondary N) is 1. The molecule has 3 nitrogen and oxygen atoms in total. The van der Waals surface area contributed by atoms with Crippen molar-refractivity contribution in [1.82, 2.24) is 5.32 Å². The summed E-state index contributed by atoms with van der Waals surface area (Å²) in [5, 5.41) is 12.0. The zero-order chi connectivity index (χ0) is 12.1. The SMILES string of the molecule is CCCC(NCc1cc(Br)c(C)s1)C(=O)O. The summed E-state index contributed by atoms with van der Waals surface area (Å²) < 4.78 is 1.09. The average Bonchev–Trinajstić information content (AvgIpc) is 2.53. The number of thiophene rings is 1. The Morgan fingerprint density at radius 1 is 1.69 bits per heavy atom. The summed E-state index contributed by atoms with van der Waals surface area (Å²) in [5.41, 5.74) is 0. The number of aliphatic carboxylic acids is 1. The Morgan fingerprint density at radius 3 is 2.81 bits per heavy atom. The number of rotatable bonds is 6. The van der Waals surface area contributed by atoms with Crippen molar-refractivity contribution in [2.45, 2.75) is 39.3 Å². The standard InChI is InChI=1S/C11H16BrNO2S/c1-3-4-10(11(14)15)13-6-8-5-9(12)7(2)16-8/h5,10,13H,3-4,6H2,1-2H3,(H,14,15). The number of aryl methyl sites for hydroxylation is 1. The summed E-state index contributed by atoms with van der Waals surface area (Å²) >= 11 is 5.13. The Hall–Kier alpha value is -0.390. The molecule has 0 fully saturated rings. The van der Waals surface area contributed by atoms with Crippen LogP contribution in [0.25, 0.3) is 0 Å². The van der Waals surface area contributed by atoms with Crippen molar-refractivity contribution in [1.29, 1.82) is 0 Å². The molecule has 0 radical (unpaired) electrons. The predicted molar refractivity (Wildman–Crippen MR) is 69.9 cm³/mol. The van der Waals surface area contributed by atoms with E-state index in [0.29, 0.717) is 13.0 Å². The van der Waals surface area contributed by atoms with Gasteiger partial charge in [0.2, 0.25) is 0 Å². The summed E-state index contributed by atoms with van der Waals surface area (Å²) in [6, 6.07) is 1.60. The van der Waals surface area contributed by atoms with Crippen LogP contribution in [0.5, 0.6) is 0 Å². The highest BCUT2D eigenvalue weighted by atomic mass is 79.9. The van der Waals surface area contributed by atoms with Crippen molar-refractivity contribution in [2.75, 3.05) is 0 Å². The van der Waals surface area contributed by atoms with E-state index in [1.54, 1.807) is 11.3 Å². The first-order chi connectivity index (χ1) is 7.54. The van der Waals surface area contributed by atoms with E-state index in [0.717, 1.165) is 15.8 Å². The van der Waals surface area contributed by atoms with Gasteiger partial charge in [0.05, 0.1) is 0 Å². The average molecular weight is 306 g/mol. The van der Waals surface area contributed by atoms with Gasteiger partial charge in [0, 0.05) is 20.8 Å². The Kier molecular flexibility index (Phi) is 5.44. The third-order valence-electron chi connectivity index (χ3n) is 2.31. The van der Waals surface area contributed by atoms with Gasteiger partial charge >= 0.3 is 5.97 Å². The monoisotopic (exact) mass is 305 g/mol. The molecule has 0 spiro atoms. The van der Waals surface area contributed by atoms with Crippen LogP contribution in [-0.2, 0) is 11.3 Å². The predicted octanol–water partition coefficient (Wildman–Crippen LogP) is 3.16. The van der Waals surface area contributed by atoms with E-state index in [4.69, 9.17) is 5.11 Å². The summed E-state index contributed by atoms with van der Waals surface area (Å²) in [7, 11) is 0. The zero-order valence-electron chi connectivity index (χ0n) is 9.42. The molecule has 1 heterocycles. The number of hydrogen-bond donors (Lipinski definition) is 2. The first kappa shape index (κ1) is 13.7. The van der Waals surface area contributed by atoms with Crippen molar-refractivity contribution in [2.24, 2.45) is 0 Å². The zero-order valence-corrected chi connectivity index (χ0v) is 11.8. The lowest BCUT2D eigenvalue weighted by molar-refractivity contribution is -0.139. The van der Waals surface area contributed by atoms with Gasteiger partial charge in [0.15, 0.2) is 0 Å². The lowest BCUT2D eigenvalue weighted by Gasteiger charge is -2.12. The summed E-state index contributed by atoms with van der Waals surface area (Å²) in [4.78, 5) is 13.3. The molecule has 0 aliphatic heterocycles. The van der Waals surface area contributed by atoms with Gasteiger partial charge in [0.1, 0.15) is 6.04 Å². The van der Waals surface area contributed by atoms with Crippen LogP contribution in [-0.4, -0.2) is 17.1 Å². The van der Waals surface area contributed by atoms with Crippen LogP contribution >= 0.6 is 27.3 Å². The van der Waals surface area contributed by atoms with Gasteiger partial charge in [-0.15, -0.1) is 11.3 Å². The van der Waals surface area contributed by atoms with Crippen LogP contribution in [0, 0.1) is 6.92 Å². The molecule has 90 valence electrons. The number of carbonyl (C=O) groups is 1. The van der Waals surface area contributed by atoms with Gasteiger partial charge < -0.3 is 5.11 Å². The minimum Gasteiger partial charge on any atom is -0.480 e. The summed E-state index contributed by atoms with van der Waals surface area (Å²) in [6.07, 6.45) is 1.54. The van der Waals surface area contributed by atoms with Gasteiger partial charge in [-0.2, -0.15) is 0 Å². The molecule has 1 aromatic rings. The second kappa shape index (κ2) is 6.37. The Balaban J connectivity index is 2.51. The molecule has 0 aromatic carbocycles. The molecule has 0 saturated heterocycles. The summed E-state index contributed by atoms with van der Waals surface area (Å²) in [6.45, 7) is 4.65. The molecular formula is C11H16BrNO2S. The number of hydrogen-bond acceptors (Lipinski definition) is 3. The molecule has 0 aliphatic carbocycles. The van der Waals surface area contributed by atoms with Gasteiger partial charge in [-0.1, -0.05) is 13.3 Å². The number of carboxylic acids is 1. The number of carboxylic acid groups (broad SMARTS) is 1. The smallest absolute Gasteiger partial charge is 0.320 e. The molecule has 0 saturated carbocycles. The lowest BCUT2D eigenvalue weighted by Crippen LogP contribution is -2.35. The van der Waals surface area contributed by atoms with Crippen LogP contribution in [0.1, 0.15) is 29.5 Å². The van der Waals surface area contributed by atoms with E-state index in [2.05, 4.69) is 21.2 Å². The lowest BCUT2D eigenvalue weighted by atomic mass is 10.1. The fraction of sp³-hybridized carbons (Fsp3) is 0.545. The topological polar surface area (TPSA) is 49.3 Å². The first-order valence-electron chi connectivity index (χ1n) is 5.25. The van der Waals surface area contributed by atoms with Gasteiger partial charge in [0.25, 0.3) is 0 Å². The molecule has 5 heteroatoms. The first-order valence-corrected chi connectivity index (χ1v) is 6.86. The largest absolute Gasteiger partial charge is 0.480 e. The second-order valence-corrected chi connectivity index (χ2v) is 5.87.